The number of nitrogens with one attached hydrogen (secondary N) is 2. The zero-order valence-corrected chi connectivity index (χ0v) is 18.1. The second-order valence-corrected chi connectivity index (χ2v) is 7.48. The van der Waals surface area contributed by atoms with Crippen LogP contribution in [0.5, 0.6) is 11.5 Å². The molecule has 1 aromatic carbocycles. The molecule has 170 valence electrons. The average Bonchev–Trinajstić information content (AvgIpc) is 3.33. The predicted molar refractivity (Wildman–Crippen MR) is 115 cm³/mol. The highest BCUT2D eigenvalue weighted by molar-refractivity contribution is 5.95. The van der Waals surface area contributed by atoms with Gasteiger partial charge in [0, 0.05) is 18.8 Å². The molecule has 0 saturated carbocycles. The number of hydrogen-bond acceptors (Lipinski definition) is 7. The molecule has 0 fully saturated rings. The summed E-state index contributed by atoms with van der Waals surface area (Å²) < 4.78 is 22.7. The van der Waals surface area contributed by atoms with Gasteiger partial charge in [-0.2, -0.15) is 0 Å². The number of esters is 1. The zero-order chi connectivity index (χ0) is 22.5. The monoisotopic (exact) mass is 441 g/mol. The van der Waals surface area contributed by atoms with E-state index in [-0.39, 0.29) is 12.7 Å². The van der Waals surface area contributed by atoms with Crippen LogP contribution in [-0.2, 0) is 9.53 Å². The molecule has 32 heavy (non-hydrogen) atoms. The summed E-state index contributed by atoms with van der Waals surface area (Å²) >= 11 is 0. The molecule has 2 N–H and O–H groups in total. The van der Waals surface area contributed by atoms with Crippen LogP contribution in [0.25, 0.3) is 0 Å². The van der Waals surface area contributed by atoms with Gasteiger partial charge in [-0.15, -0.1) is 0 Å². The Morgan fingerprint density at radius 1 is 1.19 bits per heavy atom. The molecule has 0 bridgehead atoms. The van der Waals surface area contributed by atoms with Gasteiger partial charge in [0.1, 0.15) is 24.5 Å². The van der Waals surface area contributed by atoms with Gasteiger partial charge in [0.15, 0.2) is 11.5 Å². The van der Waals surface area contributed by atoms with Crippen molar-refractivity contribution in [3.05, 3.63) is 59.7 Å². The number of rotatable bonds is 8. The summed E-state index contributed by atoms with van der Waals surface area (Å²) in [7, 11) is 0. The van der Waals surface area contributed by atoms with Crippen molar-refractivity contribution in [3.8, 4) is 11.5 Å². The maximum absolute atomic E-state index is 12.8. The van der Waals surface area contributed by atoms with E-state index in [0.29, 0.717) is 49.0 Å². The average molecular weight is 441 g/mol. The first-order chi connectivity index (χ1) is 15.6. The normalized spacial score (nSPS) is 20.0. The molecule has 0 radical (unpaired) electrons. The number of fused-ring (bicyclic) bond motifs is 1. The predicted octanol–water partition coefficient (Wildman–Crippen LogP) is 2.61. The third-order valence-corrected chi connectivity index (χ3v) is 5.33. The molecule has 9 nitrogen and oxygen atoms in total. The van der Waals surface area contributed by atoms with E-state index in [0.717, 1.165) is 5.75 Å². The van der Waals surface area contributed by atoms with Gasteiger partial charge < -0.3 is 29.3 Å². The Kier molecular flexibility index (Phi) is 6.65. The van der Waals surface area contributed by atoms with Gasteiger partial charge in [0.2, 0.25) is 0 Å². The molecule has 0 aliphatic carbocycles. The Hall–Kier alpha value is -3.46. The molecule has 2 aromatic rings. The Balaban J connectivity index is 1.56. The number of urea groups is 1. The zero-order valence-electron chi connectivity index (χ0n) is 18.1. The molecule has 2 aliphatic rings. The van der Waals surface area contributed by atoms with Crippen LogP contribution in [0.4, 0.5) is 4.79 Å². The minimum atomic E-state index is -0.729. The number of hydrogen-bond donors (Lipinski definition) is 2. The molecule has 2 aliphatic heterocycles. The molecule has 1 aromatic heterocycles. The van der Waals surface area contributed by atoms with E-state index in [2.05, 4.69) is 15.5 Å². The summed E-state index contributed by atoms with van der Waals surface area (Å²) in [6.45, 7) is 5.95. The van der Waals surface area contributed by atoms with Gasteiger partial charge in [-0.1, -0.05) is 19.1 Å². The van der Waals surface area contributed by atoms with Gasteiger partial charge >= 0.3 is 12.0 Å². The summed E-state index contributed by atoms with van der Waals surface area (Å²) in [6, 6.07) is 9.85. The second kappa shape index (κ2) is 9.78. The summed E-state index contributed by atoms with van der Waals surface area (Å²) in [5, 5.41) is 5.54. The van der Waals surface area contributed by atoms with Crippen molar-refractivity contribution in [2.75, 3.05) is 32.8 Å². The van der Waals surface area contributed by atoms with Gasteiger partial charge in [-0.05, 0) is 37.7 Å². The van der Waals surface area contributed by atoms with Crippen LogP contribution < -0.4 is 20.1 Å². The number of carbonyl (C=O) groups excluding carboxylic acids is 2. The molecule has 0 unspecified atom stereocenters. The van der Waals surface area contributed by atoms with Crippen molar-refractivity contribution in [1.29, 1.82) is 0 Å². The second-order valence-electron chi connectivity index (χ2n) is 7.48. The van der Waals surface area contributed by atoms with Gasteiger partial charge in [-0.25, -0.2) is 9.59 Å². The fraction of sp³-hybridized carbons (Fsp3) is 0.391. The quantitative estimate of drug-likeness (QED) is 0.607. The first-order valence-corrected chi connectivity index (χ1v) is 10.7. The van der Waals surface area contributed by atoms with Crippen LogP contribution in [0.15, 0.2) is 58.3 Å². The van der Waals surface area contributed by atoms with Crippen LogP contribution in [0, 0.1) is 0 Å². The van der Waals surface area contributed by atoms with E-state index in [9.17, 15) is 9.59 Å². The molecule has 9 heteroatoms. The first kappa shape index (κ1) is 21.8. The van der Waals surface area contributed by atoms with Gasteiger partial charge in [0.25, 0.3) is 0 Å². The summed E-state index contributed by atoms with van der Waals surface area (Å²) in [6.07, 6.45) is 1.32. The Morgan fingerprint density at radius 3 is 2.72 bits per heavy atom. The van der Waals surface area contributed by atoms with Gasteiger partial charge in [-0.3, -0.25) is 4.90 Å². The molecular weight excluding hydrogens is 414 g/mol. The lowest BCUT2D eigenvalue weighted by Crippen LogP contribution is -2.49. The van der Waals surface area contributed by atoms with Gasteiger partial charge in [0.05, 0.1) is 18.4 Å². The molecule has 3 heterocycles. The Morgan fingerprint density at radius 2 is 2.00 bits per heavy atom. The van der Waals surface area contributed by atoms with E-state index >= 15 is 0 Å². The van der Waals surface area contributed by atoms with Crippen molar-refractivity contribution in [3.63, 3.8) is 0 Å². The summed E-state index contributed by atoms with van der Waals surface area (Å²) in [5.74, 6) is 1.40. The maximum atomic E-state index is 12.8. The molecule has 0 spiro atoms. The van der Waals surface area contributed by atoms with Crippen LogP contribution in [0.3, 0.4) is 0 Å². The number of carbonyl (C=O) groups is 2. The van der Waals surface area contributed by atoms with Crippen LogP contribution >= 0.6 is 0 Å². The number of furan rings is 1. The SMILES string of the molecule is CCOC(=O)C1=C(CN(CC)C[C@@H]2COc3ccccc3O2)NC(=O)N[C@H]1c1ccco1. The first-order valence-electron chi connectivity index (χ1n) is 10.7. The number of para-hydroxylation sites is 2. The number of likely N-dealkylation sites (N-methyl/N-ethyl adjacent to an activating group) is 1. The number of nitrogens with zero attached hydrogens (tertiary/aromatic N) is 1. The van der Waals surface area contributed by atoms with Crippen molar-refractivity contribution in [1.82, 2.24) is 15.5 Å². The standard InChI is InChI=1S/C23H27N3O6/c1-3-26(12-15-14-31-17-8-5-6-9-18(17)32-15)13-16-20(22(27)29-4-2)21(25-23(28)24-16)19-10-7-11-30-19/h5-11,15,21H,3-4,12-14H2,1-2H3,(H2,24,25,28)/t15-,21+/m1/s1. The largest absolute Gasteiger partial charge is 0.486 e. The highest BCUT2D eigenvalue weighted by atomic mass is 16.6. The van der Waals surface area contributed by atoms with Crippen molar-refractivity contribution < 1.29 is 28.2 Å². The van der Waals surface area contributed by atoms with E-state index < -0.39 is 18.0 Å². The Labute approximate surface area is 186 Å². The lowest BCUT2D eigenvalue weighted by atomic mass is 9.99. The lowest BCUT2D eigenvalue weighted by molar-refractivity contribution is -0.139. The minimum absolute atomic E-state index is 0.185. The highest BCUT2D eigenvalue weighted by Gasteiger charge is 2.36. The number of ether oxygens (including phenoxy) is 3. The minimum Gasteiger partial charge on any atom is -0.486 e. The topological polar surface area (TPSA) is 102 Å². The maximum Gasteiger partial charge on any atom is 0.338 e. The Bertz CT molecular complexity index is 987. The van der Waals surface area contributed by atoms with Crippen molar-refractivity contribution in [2.24, 2.45) is 0 Å². The van der Waals surface area contributed by atoms with Crippen LogP contribution in [-0.4, -0.2) is 55.9 Å². The molecule has 4 rings (SSSR count). The fourth-order valence-corrected chi connectivity index (χ4v) is 3.83. The molecule has 0 saturated heterocycles. The van der Waals surface area contributed by atoms with Crippen LogP contribution in [0.1, 0.15) is 25.6 Å². The summed E-state index contributed by atoms with van der Waals surface area (Å²) in [4.78, 5) is 27.3. The lowest BCUT2D eigenvalue weighted by Gasteiger charge is -2.33. The van der Waals surface area contributed by atoms with Crippen molar-refractivity contribution in [2.45, 2.75) is 26.0 Å². The molecule has 2 amide bonds. The molecular formula is C23H27N3O6. The number of benzene rings is 1. The third kappa shape index (κ3) is 4.72. The van der Waals surface area contributed by atoms with E-state index in [1.165, 1.54) is 6.26 Å². The van der Waals surface area contributed by atoms with E-state index in [4.69, 9.17) is 18.6 Å². The van der Waals surface area contributed by atoms with E-state index in [1.54, 1.807) is 19.1 Å². The fourth-order valence-electron chi connectivity index (χ4n) is 3.83. The third-order valence-electron chi connectivity index (χ3n) is 5.33. The number of amides is 2. The summed E-state index contributed by atoms with van der Waals surface area (Å²) in [5.41, 5.74) is 0.804. The molecule has 2 atom stereocenters. The van der Waals surface area contributed by atoms with E-state index in [1.807, 2.05) is 31.2 Å². The van der Waals surface area contributed by atoms with Crippen LogP contribution in [0.2, 0.25) is 0 Å². The highest BCUT2D eigenvalue weighted by Crippen LogP contribution is 2.32. The smallest absolute Gasteiger partial charge is 0.338 e. The van der Waals surface area contributed by atoms with Crippen molar-refractivity contribution >= 4 is 12.0 Å².